The molecule has 1 heterocycles. The molecule has 0 spiro atoms. The van der Waals surface area contributed by atoms with Crippen LogP contribution in [-0.4, -0.2) is 23.5 Å². The zero-order valence-electron chi connectivity index (χ0n) is 9.50. The molecule has 2 rings (SSSR count). The maximum atomic E-state index is 6.21. The number of hydrogen-bond acceptors (Lipinski definition) is 2. The van der Waals surface area contributed by atoms with E-state index in [-0.39, 0.29) is 0 Å². The number of hydrogen-bond donors (Lipinski definition) is 0. The third kappa shape index (κ3) is 3.18. The second-order valence-electron chi connectivity index (χ2n) is 4.28. The van der Waals surface area contributed by atoms with Crippen LogP contribution in [0.25, 0.3) is 0 Å². The first-order valence-corrected chi connectivity index (χ1v) is 7.15. The van der Waals surface area contributed by atoms with Crippen molar-refractivity contribution in [2.75, 3.05) is 17.3 Å². The van der Waals surface area contributed by atoms with Gasteiger partial charge in [0.25, 0.3) is 0 Å². The SMILES string of the molecule is ClCCN(c1ncc(Cl)cc1Cl)C1CCCC1. The first kappa shape index (κ1) is 13.3. The largest absolute Gasteiger partial charge is 0.351 e. The number of aromatic nitrogens is 1. The highest BCUT2D eigenvalue weighted by Crippen LogP contribution is 2.32. The van der Waals surface area contributed by atoms with Gasteiger partial charge in [-0.3, -0.25) is 0 Å². The molecule has 1 saturated carbocycles. The molecule has 94 valence electrons. The predicted molar refractivity (Wildman–Crippen MR) is 74.6 cm³/mol. The summed E-state index contributed by atoms with van der Waals surface area (Å²) in [6.45, 7) is 0.778. The highest BCUT2D eigenvalue weighted by atomic mass is 35.5. The predicted octanol–water partition coefficient (Wildman–Crippen LogP) is 4.38. The van der Waals surface area contributed by atoms with E-state index in [2.05, 4.69) is 9.88 Å². The van der Waals surface area contributed by atoms with E-state index in [4.69, 9.17) is 34.8 Å². The molecular weight excluding hydrogens is 279 g/mol. The summed E-state index contributed by atoms with van der Waals surface area (Å²) in [7, 11) is 0. The smallest absolute Gasteiger partial charge is 0.147 e. The zero-order chi connectivity index (χ0) is 12.3. The number of halogens is 3. The van der Waals surface area contributed by atoms with E-state index in [1.54, 1.807) is 12.3 Å². The fourth-order valence-corrected chi connectivity index (χ4v) is 3.06. The van der Waals surface area contributed by atoms with Crippen LogP contribution in [0.5, 0.6) is 0 Å². The molecule has 0 amide bonds. The molecule has 1 fully saturated rings. The standard InChI is InChI=1S/C12H15Cl3N2/c13-5-6-17(10-3-1-2-4-10)12-11(15)7-9(14)8-16-12/h7-8,10H,1-6H2. The van der Waals surface area contributed by atoms with Crippen molar-refractivity contribution in [1.82, 2.24) is 4.98 Å². The van der Waals surface area contributed by atoms with Crippen molar-refractivity contribution in [3.8, 4) is 0 Å². The van der Waals surface area contributed by atoms with Crippen LogP contribution >= 0.6 is 34.8 Å². The maximum Gasteiger partial charge on any atom is 0.147 e. The molecule has 0 aliphatic heterocycles. The second kappa shape index (κ2) is 6.12. The first-order chi connectivity index (χ1) is 8.22. The highest BCUT2D eigenvalue weighted by molar-refractivity contribution is 6.36. The third-order valence-corrected chi connectivity index (χ3v) is 3.81. The van der Waals surface area contributed by atoms with Crippen molar-refractivity contribution in [2.24, 2.45) is 0 Å². The Bertz CT molecular complexity index is 378. The van der Waals surface area contributed by atoms with Crippen LogP contribution < -0.4 is 4.90 Å². The molecule has 0 unspecified atom stereocenters. The lowest BCUT2D eigenvalue weighted by atomic mass is 10.2. The number of anilines is 1. The van der Waals surface area contributed by atoms with Gasteiger partial charge in [-0.05, 0) is 18.9 Å². The van der Waals surface area contributed by atoms with Crippen LogP contribution in [0.3, 0.4) is 0 Å². The number of alkyl halides is 1. The Labute approximate surface area is 117 Å². The Morgan fingerprint density at radius 1 is 1.29 bits per heavy atom. The van der Waals surface area contributed by atoms with Crippen LogP contribution in [0.4, 0.5) is 5.82 Å². The van der Waals surface area contributed by atoms with Gasteiger partial charge in [-0.2, -0.15) is 0 Å². The number of rotatable bonds is 4. The fraction of sp³-hybridized carbons (Fsp3) is 0.583. The molecular formula is C12H15Cl3N2. The Kier molecular flexibility index (Phi) is 4.78. The quantitative estimate of drug-likeness (QED) is 0.766. The molecule has 0 N–H and O–H groups in total. The van der Waals surface area contributed by atoms with Gasteiger partial charge in [0, 0.05) is 24.7 Å². The van der Waals surface area contributed by atoms with E-state index >= 15 is 0 Å². The number of nitrogens with zero attached hydrogens (tertiary/aromatic N) is 2. The van der Waals surface area contributed by atoms with Gasteiger partial charge in [-0.15, -0.1) is 11.6 Å². The van der Waals surface area contributed by atoms with Gasteiger partial charge in [0.1, 0.15) is 5.82 Å². The molecule has 1 aliphatic carbocycles. The van der Waals surface area contributed by atoms with Crippen LogP contribution in [0.2, 0.25) is 10.0 Å². The molecule has 1 aromatic rings. The van der Waals surface area contributed by atoms with Crippen LogP contribution in [0.1, 0.15) is 25.7 Å². The van der Waals surface area contributed by atoms with Crippen LogP contribution in [-0.2, 0) is 0 Å². The Morgan fingerprint density at radius 3 is 2.59 bits per heavy atom. The molecule has 0 atom stereocenters. The summed E-state index contributed by atoms with van der Waals surface area (Å²) in [5, 5.41) is 1.17. The van der Waals surface area contributed by atoms with Crippen LogP contribution in [0, 0.1) is 0 Å². The van der Waals surface area contributed by atoms with Gasteiger partial charge >= 0.3 is 0 Å². The van der Waals surface area contributed by atoms with E-state index in [0.717, 1.165) is 12.4 Å². The molecule has 1 aromatic heterocycles. The van der Waals surface area contributed by atoms with E-state index in [1.807, 2.05) is 0 Å². The summed E-state index contributed by atoms with van der Waals surface area (Å²) in [5.74, 6) is 1.39. The maximum absolute atomic E-state index is 6.21. The van der Waals surface area contributed by atoms with Gasteiger partial charge in [0.05, 0.1) is 10.0 Å². The summed E-state index contributed by atoms with van der Waals surface area (Å²) < 4.78 is 0. The molecule has 0 radical (unpaired) electrons. The molecule has 0 bridgehead atoms. The average Bonchev–Trinajstić information content (AvgIpc) is 2.80. The first-order valence-electron chi connectivity index (χ1n) is 5.86. The summed E-state index contributed by atoms with van der Waals surface area (Å²) in [5.41, 5.74) is 0. The normalized spacial score (nSPS) is 16.4. The van der Waals surface area contributed by atoms with Crippen molar-refractivity contribution in [3.63, 3.8) is 0 Å². The lowest BCUT2D eigenvalue weighted by Crippen LogP contribution is -2.35. The van der Waals surface area contributed by atoms with E-state index < -0.39 is 0 Å². The molecule has 5 heteroatoms. The molecule has 0 aromatic carbocycles. The third-order valence-electron chi connectivity index (χ3n) is 3.15. The van der Waals surface area contributed by atoms with Gasteiger partial charge in [-0.1, -0.05) is 36.0 Å². The van der Waals surface area contributed by atoms with Gasteiger partial charge in [0.15, 0.2) is 0 Å². The average molecular weight is 294 g/mol. The summed E-state index contributed by atoms with van der Waals surface area (Å²) in [6.07, 6.45) is 6.57. The molecule has 2 nitrogen and oxygen atoms in total. The monoisotopic (exact) mass is 292 g/mol. The van der Waals surface area contributed by atoms with Gasteiger partial charge in [0.2, 0.25) is 0 Å². The van der Waals surface area contributed by atoms with Crippen molar-refractivity contribution < 1.29 is 0 Å². The van der Waals surface area contributed by atoms with Crippen LogP contribution in [0.15, 0.2) is 12.3 Å². The van der Waals surface area contributed by atoms with Crippen molar-refractivity contribution in [2.45, 2.75) is 31.7 Å². The van der Waals surface area contributed by atoms with Crippen molar-refractivity contribution in [3.05, 3.63) is 22.3 Å². The molecule has 17 heavy (non-hydrogen) atoms. The lowest BCUT2D eigenvalue weighted by Gasteiger charge is -2.30. The summed E-state index contributed by atoms with van der Waals surface area (Å²) >= 11 is 17.9. The van der Waals surface area contributed by atoms with Crippen molar-refractivity contribution >= 4 is 40.6 Å². The highest BCUT2D eigenvalue weighted by Gasteiger charge is 2.24. The second-order valence-corrected chi connectivity index (χ2v) is 5.50. The van der Waals surface area contributed by atoms with E-state index in [9.17, 15) is 0 Å². The fourth-order valence-electron chi connectivity index (χ4n) is 2.39. The molecule has 0 saturated heterocycles. The minimum Gasteiger partial charge on any atom is -0.351 e. The van der Waals surface area contributed by atoms with E-state index in [0.29, 0.717) is 22.0 Å². The zero-order valence-corrected chi connectivity index (χ0v) is 11.8. The number of pyridine rings is 1. The summed E-state index contributed by atoms with van der Waals surface area (Å²) in [6, 6.07) is 2.25. The Hall–Kier alpha value is -0.180. The minimum atomic E-state index is 0.514. The van der Waals surface area contributed by atoms with Gasteiger partial charge in [-0.25, -0.2) is 4.98 Å². The topological polar surface area (TPSA) is 16.1 Å². The van der Waals surface area contributed by atoms with E-state index in [1.165, 1.54) is 25.7 Å². The Balaban J connectivity index is 2.24. The minimum absolute atomic E-state index is 0.514. The van der Waals surface area contributed by atoms with Gasteiger partial charge < -0.3 is 4.90 Å². The molecule has 1 aliphatic rings. The lowest BCUT2D eigenvalue weighted by molar-refractivity contribution is 0.614. The van der Waals surface area contributed by atoms with Crippen molar-refractivity contribution in [1.29, 1.82) is 0 Å². The summed E-state index contributed by atoms with van der Waals surface area (Å²) in [4.78, 5) is 6.57. The Morgan fingerprint density at radius 2 is 2.00 bits per heavy atom.